The molecule has 0 unspecified atom stereocenters. The van der Waals surface area contributed by atoms with Gasteiger partial charge in [0.1, 0.15) is 5.01 Å². The number of nitrogens with zero attached hydrogens (tertiary/aromatic N) is 1. The first-order chi connectivity index (χ1) is 11.4. The first-order valence-electron chi connectivity index (χ1n) is 7.57. The molecule has 0 N–H and O–H groups in total. The fourth-order valence-corrected chi connectivity index (χ4v) is 3.51. The molecule has 110 valence electrons. The van der Waals surface area contributed by atoms with Crippen LogP contribution in [0.25, 0.3) is 32.1 Å². The molecule has 0 bridgehead atoms. The summed E-state index contributed by atoms with van der Waals surface area (Å²) in [6.45, 7) is 0. The summed E-state index contributed by atoms with van der Waals surface area (Å²) in [6, 6.07) is 29.4. The van der Waals surface area contributed by atoms with Gasteiger partial charge in [-0.2, -0.15) is 0 Å². The Balaban J connectivity index is 1.63. The molecule has 1 heterocycles. The summed E-state index contributed by atoms with van der Waals surface area (Å²) >= 11 is 1.73. The van der Waals surface area contributed by atoms with E-state index in [0.29, 0.717) is 0 Å². The molecule has 0 radical (unpaired) electrons. The van der Waals surface area contributed by atoms with Crippen LogP contribution in [-0.2, 0) is 0 Å². The minimum atomic E-state index is 1.06. The van der Waals surface area contributed by atoms with Crippen LogP contribution in [0.3, 0.4) is 0 Å². The summed E-state index contributed by atoms with van der Waals surface area (Å²) in [5, 5.41) is 1.06. The number of thiazole rings is 1. The van der Waals surface area contributed by atoms with Crippen molar-refractivity contribution in [2.45, 2.75) is 0 Å². The Morgan fingerprint density at radius 2 is 1.04 bits per heavy atom. The Labute approximate surface area is 139 Å². The lowest BCUT2D eigenvalue weighted by atomic mass is 10.0. The molecule has 1 nitrogen and oxygen atoms in total. The molecule has 4 aromatic rings. The van der Waals surface area contributed by atoms with Crippen LogP contribution >= 0.6 is 11.3 Å². The second-order valence-corrected chi connectivity index (χ2v) is 6.37. The van der Waals surface area contributed by atoms with Gasteiger partial charge in [-0.1, -0.05) is 84.9 Å². The van der Waals surface area contributed by atoms with Crippen molar-refractivity contribution in [3.8, 4) is 32.1 Å². The maximum Gasteiger partial charge on any atom is 0.123 e. The van der Waals surface area contributed by atoms with Crippen molar-refractivity contribution in [2.75, 3.05) is 0 Å². The van der Waals surface area contributed by atoms with Crippen LogP contribution in [-0.4, -0.2) is 4.98 Å². The van der Waals surface area contributed by atoms with E-state index in [9.17, 15) is 0 Å². The number of hydrogen-bond donors (Lipinski definition) is 0. The largest absolute Gasteiger partial charge is 0.244 e. The Bertz CT molecular complexity index is 894. The standard InChI is InChI=1S/C21H15NS/c1-3-7-16(8-4-1)17-11-13-19(14-12-17)21-22-15-20(23-21)18-9-5-2-6-10-18/h1-15H. The number of hydrogen-bond acceptors (Lipinski definition) is 2. The maximum absolute atomic E-state index is 4.58. The van der Waals surface area contributed by atoms with E-state index in [2.05, 4.69) is 77.8 Å². The summed E-state index contributed by atoms with van der Waals surface area (Å²) in [5.74, 6) is 0. The Morgan fingerprint density at radius 3 is 1.70 bits per heavy atom. The van der Waals surface area contributed by atoms with Crippen LogP contribution in [0.5, 0.6) is 0 Å². The Morgan fingerprint density at radius 1 is 0.522 bits per heavy atom. The third-order valence-electron chi connectivity index (χ3n) is 3.80. The van der Waals surface area contributed by atoms with Gasteiger partial charge in [-0.15, -0.1) is 11.3 Å². The molecule has 23 heavy (non-hydrogen) atoms. The predicted molar refractivity (Wildman–Crippen MR) is 98.4 cm³/mol. The zero-order chi connectivity index (χ0) is 15.5. The molecule has 3 aromatic carbocycles. The molecule has 0 fully saturated rings. The minimum Gasteiger partial charge on any atom is -0.244 e. The monoisotopic (exact) mass is 313 g/mol. The summed E-state index contributed by atoms with van der Waals surface area (Å²) in [7, 11) is 0. The second-order valence-electron chi connectivity index (χ2n) is 5.34. The zero-order valence-electron chi connectivity index (χ0n) is 12.5. The molecular weight excluding hydrogens is 298 g/mol. The lowest BCUT2D eigenvalue weighted by Gasteiger charge is -2.02. The molecule has 0 atom stereocenters. The molecule has 0 saturated carbocycles. The zero-order valence-corrected chi connectivity index (χ0v) is 13.3. The first-order valence-corrected chi connectivity index (χ1v) is 8.39. The van der Waals surface area contributed by atoms with Gasteiger partial charge in [0.15, 0.2) is 0 Å². The smallest absolute Gasteiger partial charge is 0.123 e. The van der Waals surface area contributed by atoms with E-state index in [4.69, 9.17) is 0 Å². The van der Waals surface area contributed by atoms with Gasteiger partial charge in [0.25, 0.3) is 0 Å². The van der Waals surface area contributed by atoms with Gasteiger partial charge in [0.05, 0.1) is 4.88 Å². The maximum atomic E-state index is 4.58. The number of aromatic nitrogens is 1. The molecular formula is C21H15NS. The fourth-order valence-electron chi connectivity index (χ4n) is 2.58. The van der Waals surface area contributed by atoms with E-state index in [1.54, 1.807) is 11.3 Å². The Kier molecular flexibility index (Phi) is 3.75. The molecule has 0 amide bonds. The third-order valence-corrected chi connectivity index (χ3v) is 4.90. The van der Waals surface area contributed by atoms with E-state index in [0.717, 1.165) is 10.6 Å². The molecule has 1 aromatic heterocycles. The van der Waals surface area contributed by atoms with E-state index in [1.807, 2.05) is 18.3 Å². The van der Waals surface area contributed by atoms with Gasteiger partial charge in [-0.3, -0.25) is 0 Å². The lowest BCUT2D eigenvalue weighted by molar-refractivity contribution is 1.41. The molecule has 2 heteroatoms. The van der Waals surface area contributed by atoms with Crippen LogP contribution < -0.4 is 0 Å². The van der Waals surface area contributed by atoms with Gasteiger partial charge < -0.3 is 0 Å². The van der Waals surface area contributed by atoms with Crippen LogP contribution in [0.4, 0.5) is 0 Å². The van der Waals surface area contributed by atoms with Crippen molar-refractivity contribution in [1.29, 1.82) is 0 Å². The number of rotatable bonds is 3. The van der Waals surface area contributed by atoms with Crippen molar-refractivity contribution in [3.63, 3.8) is 0 Å². The molecule has 0 aliphatic heterocycles. The molecule has 0 aliphatic carbocycles. The molecule has 0 spiro atoms. The van der Waals surface area contributed by atoms with Crippen LogP contribution in [0, 0.1) is 0 Å². The molecule has 0 saturated heterocycles. The first kappa shape index (κ1) is 13.9. The van der Waals surface area contributed by atoms with Crippen LogP contribution in [0.2, 0.25) is 0 Å². The normalized spacial score (nSPS) is 10.6. The van der Waals surface area contributed by atoms with E-state index in [-0.39, 0.29) is 0 Å². The topological polar surface area (TPSA) is 12.9 Å². The predicted octanol–water partition coefficient (Wildman–Crippen LogP) is 6.14. The number of benzene rings is 3. The van der Waals surface area contributed by atoms with Crippen molar-refractivity contribution in [1.82, 2.24) is 4.98 Å². The summed E-state index contributed by atoms with van der Waals surface area (Å²) < 4.78 is 0. The highest BCUT2D eigenvalue weighted by Gasteiger charge is 2.06. The average molecular weight is 313 g/mol. The quantitative estimate of drug-likeness (QED) is 0.442. The van der Waals surface area contributed by atoms with Gasteiger partial charge >= 0.3 is 0 Å². The van der Waals surface area contributed by atoms with Crippen molar-refractivity contribution >= 4 is 11.3 Å². The average Bonchev–Trinajstić information content (AvgIpc) is 3.14. The molecule has 4 rings (SSSR count). The summed E-state index contributed by atoms with van der Waals surface area (Å²) in [5.41, 5.74) is 4.85. The van der Waals surface area contributed by atoms with Gasteiger partial charge in [-0.25, -0.2) is 4.98 Å². The van der Waals surface area contributed by atoms with Crippen LogP contribution in [0.15, 0.2) is 91.1 Å². The van der Waals surface area contributed by atoms with Crippen molar-refractivity contribution < 1.29 is 0 Å². The third kappa shape index (κ3) is 2.94. The second kappa shape index (κ2) is 6.19. The SMILES string of the molecule is c1ccc(-c2ccc(-c3ncc(-c4ccccc4)s3)cc2)cc1. The minimum absolute atomic E-state index is 1.06. The summed E-state index contributed by atoms with van der Waals surface area (Å²) in [4.78, 5) is 5.79. The highest BCUT2D eigenvalue weighted by molar-refractivity contribution is 7.18. The van der Waals surface area contributed by atoms with E-state index < -0.39 is 0 Å². The lowest BCUT2D eigenvalue weighted by Crippen LogP contribution is -1.78. The highest BCUT2D eigenvalue weighted by atomic mass is 32.1. The molecule has 0 aliphatic rings. The summed E-state index contributed by atoms with van der Waals surface area (Å²) in [6.07, 6.45) is 1.96. The van der Waals surface area contributed by atoms with Crippen molar-refractivity contribution in [3.05, 3.63) is 91.1 Å². The van der Waals surface area contributed by atoms with E-state index in [1.165, 1.54) is 21.6 Å². The fraction of sp³-hybridized carbons (Fsp3) is 0. The van der Waals surface area contributed by atoms with Gasteiger partial charge in [0.2, 0.25) is 0 Å². The van der Waals surface area contributed by atoms with Gasteiger partial charge in [-0.05, 0) is 16.7 Å². The van der Waals surface area contributed by atoms with Crippen LogP contribution in [0.1, 0.15) is 0 Å². The highest BCUT2D eigenvalue weighted by Crippen LogP contribution is 2.32. The van der Waals surface area contributed by atoms with Crippen molar-refractivity contribution in [2.24, 2.45) is 0 Å². The Hall–Kier alpha value is -2.71. The van der Waals surface area contributed by atoms with Gasteiger partial charge in [0, 0.05) is 11.8 Å². The van der Waals surface area contributed by atoms with E-state index >= 15 is 0 Å².